The molecule has 3 rings (SSSR count). The third kappa shape index (κ3) is 6.41. The summed E-state index contributed by atoms with van der Waals surface area (Å²) in [6, 6.07) is 15.6. The van der Waals surface area contributed by atoms with E-state index in [9.17, 15) is 14.0 Å². The quantitative estimate of drug-likeness (QED) is 0.690. The number of halogens is 1. The zero-order chi connectivity index (χ0) is 21.3. The molecule has 0 bridgehead atoms. The Labute approximate surface area is 178 Å². The van der Waals surface area contributed by atoms with E-state index in [0.717, 1.165) is 36.8 Å². The van der Waals surface area contributed by atoms with Crippen LogP contribution in [-0.4, -0.2) is 28.8 Å². The molecule has 2 aromatic carbocycles. The van der Waals surface area contributed by atoms with Crippen molar-refractivity contribution in [1.82, 2.24) is 10.2 Å². The Morgan fingerprint density at radius 3 is 2.33 bits per heavy atom. The highest BCUT2D eigenvalue weighted by atomic mass is 19.1. The highest BCUT2D eigenvalue weighted by molar-refractivity contribution is 5.87. The Morgan fingerprint density at radius 2 is 1.67 bits per heavy atom. The molecule has 1 atom stereocenters. The normalized spacial score (nSPS) is 15.4. The fraction of sp³-hybridized carbons (Fsp3) is 0.440. The van der Waals surface area contributed by atoms with Crippen LogP contribution in [0.15, 0.2) is 54.6 Å². The van der Waals surface area contributed by atoms with Gasteiger partial charge in [-0.05, 0) is 49.4 Å². The number of aryl methyl sites for hydroxylation is 1. The molecule has 1 fully saturated rings. The highest BCUT2D eigenvalue weighted by Crippen LogP contribution is 2.19. The SMILES string of the molecule is C[C@@H](C(=O)NC1CCCCC1)N(Cc1ccc(F)cc1)C(=O)CCc1ccccc1. The minimum Gasteiger partial charge on any atom is -0.352 e. The predicted octanol–water partition coefficient (Wildman–Crippen LogP) is 4.62. The summed E-state index contributed by atoms with van der Waals surface area (Å²) < 4.78 is 13.3. The Morgan fingerprint density at radius 1 is 1.00 bits per heavy atom. The zero-order valence-electron chi connectivity index (χ0n) is 17.6. The second-order valence-corrected chi connectivity index (χ2v) is 8.15. The molecular formula is C25H31FN2O2. The summed E-state index contributed by atoms with van der Waals surface area (Å²) in [7, 11) is 0. The van der Waals surface area contributed by atoms with E-state index in [4.69, 9.17) is 0 Å². The summed E-state index contributed by atoms with van der Waals surface area (Å²) in [6.45, 7) is 2.06. The first kappa shape index (κ1) is 22.0. The number of hydrogen-bond acceptors (Lipinski definition) is 2. The van der Waals surface area contributed by atoms with Crippen LogP contribution in [0.5, 0.6) is 0 Å². The molecule has 0 unspecified atom stereocenters. The molecule has 0 aliphatic heterocycles. The molecule has 0 heterocycles. The van der Waals surface area contributed by atoms with Crippen molar-refractivity contribution in [2.45, 2.75) is 70.5 Å². The Kier molecular flexibility index (Phi) is 8.00. The topological polar surface area (TPSA) is 49.4 Å². The molecule has 1 aliphatic carbocycles. The van der Waals surface area contributed by atoms with Gasteiger partial charge in [-0.2, -0.15) is 0 Å². The van der Waals surface area contributed by atoms with Crippen molar-refractivity contribution in [3.05, 3.63) is 71.5 Å². The van der Waals surface area contributed by atoms with E-state index < -0.39 is 6.04 Å². The van der Waals surface area contributed by atoms with Crippen molar-refractivity contribution >= 4 is 11.8 Å². The Balaban J connectivity index is 1.68. The van der Waals surface area contributed by atoms with Gasteiger partial charge < -0.3 is 10.2 Å². The van der Waals surface area contributed by atoms with E-state index in [0.29, 0.717) is 12.8 Å². The van der Waals surface area contributed by atoms with Gasteiger partial charge in [0.25, 0.3) is 0 Å². The van der Waals surface area contributed by atoms with Crippen LogP contribution in [0.4, 0.5) is 4.39 Å². The molecule has 1 aliphatic rings. The van der Waals surface area contributed by atoms with Crippen molar-refractivity contribution in [2.75, 3.05) is 0 Å². The molecule has 1 N–H and O–H groups in total. The van der Waals surface area contributed by atoms with Gasteiger partial charge in [0.1, 0.15) is 11.9 Å². The monoisotopic (exact) mass is 410 g/mol. The number of rotatable bonds is 8. The second-order valence-electron chi connectivity index (χ2n) is 8.15. The fourth-order valence-electron chi connectivity index (χ4n) is 3.98. The molecule has 0 spiro atoms. The van der Waals surface area contributed by atoms with Gasteiger partial charge >= 0.3 is 0 Å². The first-order valence-corrected chi connectivity index (χ1v) is 10.9. The maximum absolute atomic E-state index is 13.3. The molecule has 4 nitrogen and oxygen atoms in total. The Hall–Kier alpha value is -2.69. The number of amides is 2. The number of nitrogens with one attached hydrogen (secondary N) is 1. The second kappa shape index (κ2) is 10.9. The van der Waals surface area contributed by atoms with Crippen LogP contribution in [0.2, 0.25) is 0 Å². The average Bonchev–Trinajstić information content (AvgIpc) is 2.78. The van der Waals surface area contributed by atoms with Gasteiger partial charge in [-0.25, -0.2) is 4.39 Å². The van der Waals surface area contributed by atoms with Crippen molar-refractivity contribution in [2.24, 2.45) is 0 Å². The van der Waals surface area contributed by atoms with Gasteiger partial charge in [0, 0.05) is 19.0 Å². The van der Waals surface area contributed by atoms with Gasteiger partial charge in [-0.1, -0.05) is 61.7 Å². The number of nitrogens with zero attached hydrogens (tertiary/aromatic N) is 1. The van der Waals surface area contributed by atoms with E-state index in [1.807, 2.05) is 30.3 Å². The van der Waals surface area contributed by atoms with E-state index in [1.165, 1.54) is 18.6 Å². The molecule has 30 heavy (non-hydrogen) atoms. The molecule has 160 valence electrons. The van der Waals surface area contributed by atoms with Crippen molar-refractivity contribution in [3.63, 3.8) is 0 Å². The van der Waals surface area contributed by atoms with Crippen molar-refractivity contribution < 1.29 is 14.0 Å². The molecule has 0 radical (unpaired) electrons. The Bertz CT molecular complexity index is 817. The van der Waals surface area contributed by atoms with Gasteiger partial charge in [-0.15, -0.1) is 0 Å². The zero-order valence-corrected chi connectivity index (χ0v) is 17.6. The number of carbonyl (C=O) groups excluding carboxylic acids is 2. The molecule has 2 amide bonds. The van der Waals surface area contributed by atoms with Crippen LogP contribution in [0, 0.1) is 5.82 Å². The predicted molar refractivity (Wildman–Crippen MR) is 116 cm³/mol. The van der Waals surface area contributed by atoms with Crippen molar-refractivity contribution in [1.29, 1.82) is 0 Å². The minimum absolute atomic E-state index is 0.0746. The van der Waals surface area contributed by atoms with E-state index >= 15 is 0 Å². The third-order valence-corrected chi connectivity index (χ3v) is 5.86. The summed E-state index contributed by atoms with van der Waals surface area (Å²) in [4.78, 5) is 27.6. The van der Waals surface area contributed by atoms with E-state index in [1.54, 1.807) is 24.0 Å². The van der Waals surface area contributed by atoms with Crippen LogP contribution in [0.3, 0.4) is 0 Å². The summed E-state index contributed by atoms with van der Waals surface area (Å²) in [5.41, 5.74) is 1.90. The number of hydrogen-bond donors (Lipinski definition) is 1. The standard InChI is InChI=1S/C25H31FN2O2/c1-19(25(30)27-23-10-6-3-7-11-23)28(18-21-12-15-22(26)16-13-21)24(29)17-14-20-8-4-2-5-9-20/h2,4-5,8-9,12-13,15-16,19,23H,3,6-7,10-11,14,17-18H2,1H3,(H,27,30)/t19-/m0/s1. The van der Waals surface area contributed by atoms with Crippen LogP contribution >= 0.6 is 0 Å². The first-order valence-electron chi connectivity index (χ1n) is 10.9. The minimum atomic E-state index is -0.583. The van der Waals surface area contributed by atoms with Gasteiger partial charge in [0.2, 0.25) is 11.8 Å². The summed E-state index contributed by atoms with van der Waals surface area (Å²) in [5, 5.41) is 3.13. The summed E-state index contributed by atoms with van der Waals surface area (Å²) in [5.74, 6) is -0.504. The molecule has 2 aromatic rings. The van der Waals surface area contributed by atoms with E-state index in [2.05, 4.69) is 5.32 Å². The lowest BCUT2D eigenvalue weighted by atomic mass is 9.95. The lowest BCUT2D eigenvalue weighted by molar-refractivity contribution is -0.141. The fourth-order valence-corrected chi connectivity index (χ4v) is 3.98. The van der Waals surface area contributed by atoms with Gasteiger partial charge in [-0.3, -0.25) is 9.59 Å². The average molecular weight is 411 g/mol. The first-order chi connectivity index (χ1) is 14.5. The molecule has 0 aromatic heterocycles. The lowest BCUT2D eigenvalue weighted by Gasteiger charge is -2.31. The molecule has 5 heteroatoms. The maximum Gasteiger partial charge on any atom is 0.242 e. The summed E-state index contributed by atoms with van der Waals surface area (Å²) in [6.07, 6.45) is 6.43. The van der Waals surface area contributed by atoms with Gasteiger partial charge in [0.05, 0.1) is 0 Å². The molecule has 0 saturated heterocycles. The molecular weight excluding hydrogens is 379 g/mol. The largest absolute Gasteiger partial charge is 0.352 e. The number of carbonyl (C=O) groups is 2. The van der Waals surface area contributed by atoms with Crippen LogP contribution < -0.4 is 5.32 Å². The highest BCUT2D eigenvalue weighted by Gasteiger charge is 2.27. The van der Waals surface area contributed by atoms with Gasteiger partial charge in [0.15, 0.2) is 0 Å². The van der Waals surface area contributed by atoms with E-state index in [-0.39, 0.29) is 30.2 Å². The third-order valence-electron chi connectivity index (χ3n) is 5.86. The van der Waals surface area contributed by atoms with Crippen LogP contribution in [0.25, 0.3) is 0 Å². The van der Waals surface area contributed by atoms with Crippen LogP contribution in [-0.2, 0) is 22.6 Å². The smallest absolute Gasteiger partial charge is 0.242 e. The summed E-state index contributed by atoms with van der Waals surface area (Å²) >= 11 is 0. The molecule has 1 saturated carbocycles. The number of benzene rings is 2. The van der Waals surface area contributed by atoms with Crippen molar-refractivity contribution in [3.8, 4) is 0 Å². The maximum atomic E-state index is 13.3. The van der Waals surface area contributed by atoms with Crippen LogP contribution in [0.1, 0.15) is 56.6 Å². The lowest BCUT2D eigenvalue weighted by Crippen LogP contribution is -2.50.